The third-order valence-electron chi connectivity index (χ3n) is 3.98. The van der Waals surface area contributed by atoms with Gasteiger partial charge in [0.05, 0.1) is 6.61 Å². The zero-order valence-electron chi connectivity index (χ0n) is 13.2. The van der Waals surface area contributed by atoms with Crippen LogP contribution >= 0.6 is 0 Å². The molecule has 0 aromatic heterocycles. The molecule has 4 nitrogen and oxygen atoms in total. The molecule has 0 spiro atoms. The number of rotatable bonds is 7. The molecule has 1 atom stereocenters. The number of carbonyl (C=O) groups excluding carboxylic acids is 1. The summed E-state index contributed by atoms with van der Waals surface area (Å²) >= 11 is 0. The zero-order chi connectivity index (χ0) is 14.5. The van der Waals surface area contributed by atoms with Crippen molar-refractivity contribution in [3.63, 3.8) is 0 Å². The normalized spacial score (nSPS) is 22.2. The average Bonchev–Trinajstić information content (AvgIpc) is 2.67. The Hall–Kier alpha value is -0.610. The fraction of sp³-hybridized carbons (Fsp3) is 0.933. The Morgan fingerprint density at radius 2 is 2.11 bits per heavy atom. The third kappa shape index (κ3) is 4.77. The monoisotopic (exact) mass is 270 g/mol. The van der Waals surface area contributed by atoms with Gasteiger partial charge in [0.1, 0.15) is 5.54 Å². The molecule has 0 aromatic carbocycles. The first kappa shape index (κ1) is 16.4. The summed E-state index contributed by atoms with van der Waals surface area (Å²) in [7, 11) is 0. The van der Waals surface area contributed by atoms with Crippen molar-refractivity contribution in [2.75, 3.05) is 32.8 Å². The number of likely N-dealkylation sites (tertiary alicyclic amines) is 1. The summed E-state index contributed by atoms with van der Waals surface area (Å²) in [6.45, 7) is 14.9. The maximum absolute atomic E-state index is 12.1. The Kier molecular flexibility index (Phi) is 5.81. The standard InChI is InChI=1S/C15H30N2O2/c1-6-16-15(5,13(18)19-7-2)9-11-17-10-8-14(3,4)12-17/h16H,6-12H2,1-5H3. The molecule has 1 aliphatic rings. The molecule has 1 rings (SSSR count). The molecule has 0 saturated carbocycles. The second-order valence-corrected chi connectivity index (χ2v) is 6.52. The first-order valence-electron chi connectivity index (χ1n) is 7.47. The van der Waals surface area contributed by atoms with Gasteiger partial charge in [0.15, 0.2) is 0 Å². The Bertz CT molecular complexity index is 305. The number of hydrogen-bond acceptors (Lipinski definition) is 4. The van der Waals surface area contributed by atoms with Crippen LogP contribution in [-0.4, -0.2) is 49.2 Å². The summed E-state index contributed by atoms with van der Waals surface area (Å²) in [5, 5.41) is 3.29. The second kappa shape index (κ2) is 6.71. The van der Waals surface area contributed by atoms with Crippen LogP contribution in [0.15, 0.2) is 0 Å². The van der Waals surface area contributed by atoms with Gasteiger partial charge in [0.2, 0.25) is 0 Å². The van der Waals surface area contributed by atoms with Crippen LogP contribution in [0.2, 0.25) is 0 Å². The van der Waals surface area contributed by atoms with Crippen LogP contribution in [0.3, 0.4) is 0 Å². The number of esters is 1. The first-order chi connectivity index (χ1) is 8.83. The first-order valence-corrected chi connectivity index (χ1v) is 7.47. The van der Waals surface area contributed by atoms with E-state index in [4.69, 9.17) is 4.74 Å². The molecular formula is C15H30N2O2. The van der Waals surface area contributed by atoms with Crippen LogP contribution in [0.25, 0.3) is 0 Å². The van der Waals surface area contributed by atoms with Crippen LogP contribution in [-0.2, 0) is 9.53 Å². The van der Waals surface area contributed by atoms with Gasteiger partial charge in [-0.25, -0.2) is 0 Å². The summed E-state index contributed by atoms with van der Waals surface area (Å²) < 4.78 is 5.20. The van der Waals surface area contributed by atoms with Crippen LogP contribution < -0.4 is 5.32 Å². The van der Waals surface area contributed by atoms with Crippen molar-refractivity contribution in [2.45, 2.75) is 53.0 Å². The van der Waals surface area contributed by atoms with E-state index < -0.39 is 5.54 Å². The van der Waals surface area contributed by atoms with Crippen molar-refractivity contribution in [3.05, 3.63) is 0 Å². The third-order valence-corrected chi connectivity index (χ3v) is 3.98. The lowest BCUT2D eigenvalue weighted by Gasteiger charge is -2.30. The molecule has 19 heavy (non-hydrogen) atoms. The van der Waals surface area contributed by atoms with Gasteiger partial charge < -0.3 is 15.0 Å². The SMILES string of the molecule is CCNC(C)(CCN1CCC(C)(C)C1)C(=O)OCC. The summed E-state index contributed by atoms with van der Waals surface area (Å²) in [4.78, 5) is 14.5. The van der Waals surface area contributed by atoms with Gasteiger partial charge in [-0.2, -0.15) is 0 Å². The van der Waals surface area contributed by atoms with Gasteiger partial charge in [-0.1, -0.05) is 20.8 Å². The highest BCUT2D eigenvalue weighted by atomic mass is 16.5. The Morgan fingerprint density at radius 3 is 2.58 bits per heavy atom. The number of nitrogens with one attached hydrogen (secondary N) is 1. The van der Waals surface area contributed by atoms with E-state index in [1.807, 2.05) is 20.8 Å². The minimum atomic E-state index is -0.558. The van der Waals surface area contributed by atoms with E-state index in [9.17, 15) is 4.79 Å². The summed E-state index contributed by atoms with van der Waals surface area (Å²) in [6, 6.07) is 0. The maximum Gasteiger partial charge on any atom is 0.326 e. The number of likely N-dealkylation sites (N-methyl/N-ethyl adjacent to an activating group) is 1. The van der Waals surface area contributed by atoms with E-state index >= 15 is 0 Å². The van der Waals surface area contributed by atoms with Gasteiger partial charge in [-0.3, -0.25) is 4.79 Å². The summed E-state index contributed by atoms with van der Waals surface area (Å²) in [5.74, 6) is -0.129. The lowest BCUT2D eigenvalue weighted by atomic mass is 9.93. The van der Waals surface area contributed by atoms with Crippen LogP contribution in [0.5, 0.6) is 0 Å². The minimum Gasteiger partial charge on any atom is -0.465 e. The quantitative estimate of drug-likeness (QED) is 0.719. The number of nitrogens with zero attached hydrogens (tertiary/aromatic N) is 1. The minimum absolute atomic E-state index is 0.129. The largest absolute Gasteiger partial charge is 0.465 e. The van der Waals surface area contributed by atoms with Crippen molar-refractivity contribution < 1.29 is 9.53 Å². The Morgan fingerprint density at radius 1 is 1.42 bits per heavy atom. The molecule has 1 fully saturated rings. The van der Waals surface area contributed by atoms with Crippen molar-refractivity contribution in [1.29, 1.82) is 0 Å². The topological polar surface area (TPSA) is 41.6 Å². The molecule has 4 heteroatoms. The highest BCUT2D eigenvalue weighted by Gasteiger charge is 2.36. The summed E-state index contributed by atoms with van der Waals surface area (Å²) in [6.07, 6.45) is 2.04. The van der Waals surface area contributed by atoms with E-state index in [1.165, 1.54) is 6.42 Å². The van der Waals surface area contributed by atoms with E-state index in [0.29, 0.717) is 12.0 Å². The van der Waals surface area contributed by atoms with Crippen molar-refractivity contribution in [2.24, 2.45) is 5.41 Å². The number of carbonyl (C=O) groups is 1. The van der Waals surface area contributed by atoms with E-state index in [2.05, 4.69) is 24.1 Å². The molecule has 1 aliphatic heterocycles. The zero-order valence-corrected chi connectivity index (χ0v) is 13.2. The molecule has 1 saturated heterocycles. The lowest BCUT2D eigenvalue weighted by Crippen LogP contribution is -2.52. The van der Waals surface area contributed by atoms with Gasteiger partial charge in [-0.15, -0.1) is 0 Å². The molecule has 0 aromatic rings. The smallest absolute Gasteiger partial charge is 0.326 e. The fourth-order valence-electron chi connectivity index (χ4n) is 2.74. The van der Waals surface area contributed by atoms with Crippen molar-refractivity contribution >= 4 is 5.97 Å². The second-order valence-electron chi connectivity index (χ2n) is 6.52. The van der Waals surface area contributed by atoms with Gasteiger partial charge in [0.25, 0.3) is 0 Å². The molecule has 112 valence electrons. The predicted octanol–water partition coefficient (Wildman–Crippen LogP) is 2.04. The van der Waals surface area contributed by atoms with Crippen LogP contribution in [0.4, 0.5) is 0 Å². The van der Waals surface area contributed by atoms with E-state index in [0.717, 1.165) is 32.6 Å². The van der Waals surface area contributed by atoms with E-state index in [1.54, 1.807) is 0 Å². The lowest BCUT2D eigenvalue weighted by molar-refractivity contribution is -0.151. The highest BCUT2D eigenvalue weighted by Crippen LogP contribution is 2.29. The van der Waals surface area contributed by atoms with Gasteiger partial charge in [-0.05, 0) is 45.2 Å². The molecular weight excluding hydrogens is 240 g/mol. The fourth-order valence-corrected chi connectivity index (χ4v) is 2.74. The summed E-state index contributed by atoms with van der Waals surface area (Å²) in [5.41, 5.74) is -0.143. The Labute approximate surface area is 117 Å². The van der Waals surface area contributed by atoms with Crippen LogP contribution in [0.1, 0.15) is 47.5 Å². The van der Waals surface area contributed by atoms with Crippen molar-refractivity contribution in [3.8, 4) is 0 Å². The number of hydrogen-bond donors (Lipinski definition) is 1. The van der Waals surface area contributed by atoms with Gasteiger partial charge in [0, 0.05) is 13.1 Å². The van der Waals surface area contributed by atoms with Crippen molar-refractivity contribution in [1.82, 2.24) is 10.2 Å². The highest BCUT2D eigenvalue weighted by molar-refractivity contribution is 5.80. The average molecular weight is 270 g/mol. The van der Waals surface area contributed by atoms with Gasteiger partial charge >= 0.3 is 5.97 Å². The molecule has 1 heterocycles. The molecule has 0 aliphatic carbocycles. The number of ether oxygens (including phenoxy) is 1. The Balaban J connectivity index is 2.52. The predicted molar refractivity (Wildman–Crippen MR) is 78.2 cm³/mol. The molecule has 0 radical (unpaired) electrons. The molecule has 1 unspecified atom stereocenters. The maximum atomic E-state index is 12.1. The molecule has 1 N–H and O–H groups in total. The molecule has 0 amide bonds. The van der Waals surface area contributed by atoms with E-state index in [-0.39, 0.29) is 5.97 Å². The van der Waals surface area contributed by atoms with Crippen LogP contribution in [0, 0.1) is 5.41 Å². The molecule has 0 bridgehead atoms.